The Hall–Kier alpha value is -2.79. The minimum absolute atomic E-state index is 0.301. The fourth-order valence-corrected chi connectivity index (χ4v) is 3.80. The first-order valence-corrected chi connectivity index (χ1v) is 9.26. The monoisotopic (exact) mass is 382 g/mol. The van der Waals surface area contributed by atoms with Crippen LogP contribution in [0.15, 0.2) is 54.2 Å². The van der Waals surface area contributed by atoms with Crippen LogP contribution in [0.4, 0.5) is 5.69 Å². The fraction of sp³-hybridized carbons (Fsp3) is 0.238. The standard InChI is InChI=1S/C21H19ClN2O3/c1-27-17-7-3-2-6-16(17)18-19(23-12-4-5-13-23)21(26)24(20(18)25)15-10-8-14(22)9-11-15/h2-3,6-11H,4-5,12-13H2,1H3. The molecule has 27 heavy (non-hydrogen) atoms. The Bertz CT molecular complexity index is 931. The molecule has 2 heterocycles. The number of ether oxygens (including phenoxy) is 1. The van der Waals surface area contributed by atoms with Crippen LogP contribution in [0.2, 0.25) is 5.02 Å². The highest BCUT2D eigenvalue weighted by Crippen LogP contribution is 2.39. The molecule has 1 fully saturated rings. The summed E-state index contributed by atoms with van der Waals surface area (Å²) in [5, 5.41) is 0.551. The molecule has 0 unspecified atom stereocenters. The van der Waals surface area contributed by atoms with Crippen LogP contribution in [0.25, 0.3) is 5.57 Å². The first-order chi connectivity index (χ1) is 13.1. The maximum atomic E-state index is 13.4. The number of methoxy groups -OCH3 is 1. The Morgan fingerprint density at radius 1 is 0.926 bits per heavy atom. The number of carbonyl (C=O) groups is 2. The number of halogens is 1. The van der Waals surface area contributed by atoms with E-state index in [0.717, 1.165) is 25.9 Å². The van der Waals surface area contributed by atoms with Gasteiger partial charge in [0.1, 0.15) is 11.4 Å². The average Bonchev–Trinajstić information content (AvgIpc) is 3.29. The van der Waals surface area contributed by atoms with Crippen LogP contribution in [-0.2, 0) is 9.59 Å². The maximum absolute atomic E-state index is 13.4. The molecule has 2 aromatic carbocycles. The summed E-state index contributed by atoms with van der Waals surface area (Å²) < 4.78 is 5.46. The summed E-state index contributed by atoms with van der Waals surface area (Å²) >= 11 is 5.96. The second kappa shape index (κ2) is 7.08. The normalized spacial score (nSPS) is 17.3. The number of amides is 2. The lowest BCUT2D eigenvalue weighted by Crippen LogP contribution is -2.34. The molecule has 1 saturated heterocycles. The van der Waals surface area contributed by atoms with Gasteiger partial charge in [0.15, 0.2) is 0 Å². The first kappa shape index (κ1) is 17.6. The van der Waals surface area contributed by atoms with Crippen molar-refractivity contribution in [3.05, 3.63) is 64.8 Å². The van der Waals surface area contributed by atoms with Crippen LogP contribution in [0, 0.1) is 0 Å². The van der Waals surface area contributed by atoms with Crippen molar-refractivity contribution >= 4 is 34.7 Å². The van der Waals surface area contributed by atoms with Gasteiger partial charge in [0.25, 0.3) is 11.8 Å². The molecule has 2 amide bonds. The molecule has 0 N–H and O–H groups in total. The molecule has 2 aliphatic rings. The van der Waals surface area contributed by atoms with E-state index in [1.54, 1.807) is 37.4 Å². The summed E-state index contributed by atoms with van der Waals surface area (Å²) in [6, 6.07) is 14.0. The number of rotatable bonds is 4. The summed E-state index contributed by atoms with van der Waals surface area (Å²) in [6.07, 6.45) is 2.01. The molecular formula is C21H19ClN2O3. The number of hydrogen-bond donors (Lipinski definition) is 0. The number of anilines is 1. The quantitative estimate of drug-likeness (QED) is 0.756. The van der Waals surface area contributed by atoms with E-state index in [2.05, 4.69) is 0 Å². The minimum atomic E-state index is -0.339. The van der Waals surface area contributed by atoms with Gasteiger partial charge in [0, 0.05) is 23.7 Å². The van der Waals surface area contributed by atoms with E-state index in [1.807, 2.05) is 23.1 Å². The zero-order valence-corrected chi connectivity index (χ0v) is 15.7. The largest absolute Gasteiger partial charge is 0.496 e. The van der Waals surface area contributed by atoms with Gasteiger partial charge in [0.2, 0.25) is 0 Å². The van der Waals surface area contributed by atoms with Crippen LogP contribution in [0.1, 0.15) is 18.4 Å². The molecule has 0 radical (unpaired) electrons. The Labute approximate surface area is 162 Å². The van der Waals surface area contributed by atoms with Crippen molar-refractivity contribution in [2.75, 3.05) is 25.1 Å². The molecule has 0 aromatic heterocycles. The van der Waals surface area contributed by atoms with Crippen molar-refractivity contribution < 1.29 is 14.3 Å². The molecule has 0 atom stereocenters. The lowest BCUT2D eigenvalue weighted by molar-refractivity contribution is -0.120. The predicted octanol–water partition coefficient (Wildman–Crippen LogP) is 3.73. The van der Waals surface area contributed by atoms with Crippen molar-refractivity contribution in [1.29, 1.82) is 0 Å². The lowest BCUT2D eigenvalue weighted by Gasteiger charge is -2.20. The average molecular weight is 383 g/mol. The SMILES string of the molecule is COc1ccccc1C1=C(N2CCCC2)C(=O)N(c2ccc(Cl)cc2)C1=O. The molecule has 6 heteroatoms. The molecule has 0 saturated carbocycles. The van der Waals surface area contributed by atoms with Crippen molar-refractivity contribution in [3.63, 3.8) is 0 Å². The Morgan fingerprint density at radius 2 is 1.59 bits per heavy atom. The molecule has 2 aliphatic heterocycles. The zero-order chi connectivity index (χ0) is 19.0. The van der Waals surface area contributed by atoms with Gasteiger partial charge in [-0.05, 0) is 43.2 Å². The van der Waals surface area contributed by atoms with Crippen molar-refractivity contribution in [3.8, 4) is 5.75 Å². The van der Waals surface area contributed by atoms with Crippen molar-refractivity contribution in [2.24, 2.45) is 0 Å². The van der Waals surface area contributed by atoms with E-state index in [4.69, 9.17) is 16.3 Å². The van der Waals surface area contributed by atoms with E-state index in [9.17, 15) is 9.59 Å². The van der Waals surface area contributed by atoms with Crippen molar-refractivity contribution in [1.82, 2.24) is 4.90 Å². The van der Waals surface area contributed by atoms with Crippen LogP contribution < -0.4 is 9.64 Å². The number of para-hydroxylation sites is 1. The highest BCUT2D eigenvalue weighted by molar-refractivity contribution is 6.45. The number of imide groups is 1. The molecule has 0 spiro atoms. The number of nitrogens with zero attached hydrogens (tertiary/aromatic N) is 2. The van der Waals surface area contributed by atoms with Crippen molar-refractivity contribution in [2.45, 2.75) is 12.8 Å². The molecule has 138 valence electrons. The predicted molar refractivity (Wildman–Crippen MR) is 105 cm³/mol. The third kappa shape index (κ3) is 2.98. The van der Waals surface area contributed by atoms with E-state index >= 15 is 0 Å². The lowest BCUT2D eigenvalue weighted by atomic mass is 10.0. The van der Waals surface area contributed by atoms with Gasteiger partial charge in [-0.15, -0.1) is 0 Å². The van der Waals surface area contributed by atoms with Gasteiger partial charge in [0.05, 0.1) is 18.4 Å². The van der Waals surface area contributed by atoms with Gasteiger partial charge in [-0.2, -0.15) is 0 Å². The van der Waals surface area contributed by atoms with Crippen LogP contribution in [0.3, 0.4) is 0 Å². The second-order valence-corrected chi connectivity index (χ2v) is 6.98. The van der Waals surface area contributed by atoms with Crippen LogP contribution in [-0.4, -0.2) is 36.9 Å². The Balaban J connectivity index is 1.86. The number of benzene rings is 2. The number of likely N-dealkylation sites (tertiary alicyclic amines) is 1. The number of hydrogen-bond acceptors (Lipinski definition) is 4. The second-order valence-electron chi connectivity index (χ2n) is 6.54. The molecule has 5 nitrogen and oxygen atoms in total. The minimum Gasteiger partial charge on any atom is -0.496 e. The van der Waals surface area contributed by atoms with Gasteiger partial charge in [-0.25, -0.2) is 4.90 Å². The molecule has 0 aliphatic carbocycles. The van der Waals surface area contributed by atoms with E-state index in [-0.39, 0.29) is 11.8 Å². The third-order valence-electron chi connectivity index (χ3n) is 4.94. The van der Waals surface area contributed by atoms with E-state index in [1.165, 1.54) is 4.90 Å². The number of carbonyl (C=O) groups excluding carboxylic acids is 2. The summed E-state index contributed by atoms with van der Waals surface area (Å²) in [4.78, 5) is 29.9. The summed E-state index contributed by atoms with van der Waals surface area (Å²) in [5.74, 6) is -0.0674. The Morgan fingerprint density at radius 3 is 2.26 bits per heavy atom. The van der Waals surface area contributed by atoms with Gasteiger partial charge in [-0.1, -0.05) is 29.8 Å². The fourth-order valence-electron chi connectivity index (χ4n) is 3.67. The molecule has 4 rings (SSSR count). The van der Waals surface area contributed by atoms with Crippen LogP contribution >= 0.6 is 11.6 Å². The van der Waals surface area contributed by atoms with Gasteiger partial charge >= 0.3 is 0 Å². The van der Waals surface area contributed by atoms with Gasteiger partial charge < -0.3 is 9.64 Å². The molecular weight excluding hydrogens is 364 g/mol. The summed E-state index contributed by atoms with van der Waals surface area (Å²) in [7, 11) is 1.56. The first-order valence-electron chi connectivity index (χ1n) is 8.89. The third-order valence-corrected chi connectivity index (χ3v) is 5.19. The van der Waals surface area contributed by atoms with Gasteiger partial charge in [-0.3, -0.25) is 9.59 Å². The van der Waals surface area contributed by atoms with E-state index in [0.29, 0.717) is 33.3 Å². The highest BCUT2D eigenvalue weighted by Gasteiger charge is 2.43. The smallest absolute Gasteiger partial charge is 0.282 e. The summed E-state index contributed by atoms with van der Waals surface area (Å²) in [5.41, 5.74) is 2.00. The molecule has 0 bridgehead atoms. The Kier molecular flexibility index (Phi) is 4.62. The topological polar surface area (TPSA) is 49.9 Å². The highest BCUT2D eigenvalue weighted by atomic mass is 35.5. The van der Waals surface area contributed by atoms with Crippen LogP contribution in [0.5, 0.6) is 5.75 Å². The molecule has 2 aromatic rings. The summed E-state index contributed by atoms with van der Waals surface area (Å²) in [6.45, 7) is 1.53. The maximum Gasteiger partial charge on any atom is 0.282 e. The zero-order valence-electron chi connectivity index (χ0n) is 14.9. The van der Waals surface area contributed by atoms with E-state index < -0.39 is 0 Å².